The van der Waals surface area contributed by atoms with E-state index in [-0.39, 0.29) is 23.8 Å². The third-order valence-corrected chi connectivity index (χ3v) is 4.36. The summed E-state index contributed by atoms with van der Waals surface area (Å²) in [5.41, 5.74) is 1.23. The fourth-order valence-corrected chi connectivity index (χ4v) is 3.27. The van der Waals surface area contributed by atoms with Crippen LogP contribution in [0.5, 0.6) is 0 Å². The highest BCUT2D eigenvalue weighted by atomic mass is 35.5. The number of hydrogen-bond donors (Lipinski definition) is 1. The molecule has 1 aliphatic carbocycles. The van der Waals surface area contributed by atoms with Crippen molar-refractivity contribution >= 4 is 12.4 Å². The molecule has 0 radical (unpaired) electrons. The first-order valence-corrected chi connectivity index (χ1v) is 6.59. The zero-order valence-electron chi connectivity index (χ0n) is 10.9. The third-order valence-electron chi connectivity index (χ3n) is 4.36. The molecule has 1 aromatic rings. The molecule has 1 saturated heterocycles. The van der Waals surface area contributed by atoms with Gasteiger partial charge in [-0.05, 0) is 56.7 Å². The zero-order valence-corrected chi connectivity index (χ0v) is 11.8. The maximum absolute atomic E-state index is 13.3. The fraction of sp³-hybridized carbons (Fsp3) is 0.600. The van der Waals surface area contributed by atoms with E-state index in [1.54, 1.807) is 6.07 Å². The summed E-state index contributed by atoms with van der Waals surface area (Å²) in [5, 5.41) is 3.74. The molecule has 0 aromatic heterocycles. The molecular weight excluding hydrogens is 249 g/mol. The van der Waals surface area contributed by atoms with E-state index >= 15 is 0 Å². The maximum atomic E-state index is 13.3. The van der Waals surface area contributed by atoms with Crippen molar-refractivity contribution < 1.29 is 4.39 Å². The monoisotopic (exact) mass is 269 g/mol. The summed E-state index contributed by atoms with van der Waals surface area (Å²) in [4.78, 5) is 0. The van der Waals surface area contributed by atoms with Crippen molar-refractivity contribution in [3.05, 3.63) is 35.6 Å². The van der Waals surface area contributed by atoms with Crippen molar-refractivity contribution in [2.75, 3.05) is 0 Å². The Balaban J connectivity index is 0.00000120. The van der Waals surface area contributed by atoms with Gasteiger partial charge in [0.25, 0.3) is 0 Å². The normalized spacial score (nSPS) is 29.9. The highest BCUT2D eigenvalue weighted by Crippen LogP contribution is 2.45. The molecule has 2 unspecified atom stereocenters. The number of nitrogens with one attached hydrogen (secondary N) is 1. The maximum Gasteiger partial charge on any atom is 0.123 e. The minimum absolute atomic E-state index is 0. The smallest absolute Gasteiger partial charge is 0.123 e. The lowest BCUT2D eigenvalue weighted by Crippen LogP contribution is -2.40. The highest BCUT2D eigenvalue weighted by molar-refractivity contribution is 5.85. The molecule has 1 N–H and O–H groups in total. The van der Waals surface area contributed by atoms with Crippen LogP contribution in [0.2, 0.25) is 0 Å². The lowest BCUT2D eigenvalue weighted by Gasteiger charge is -2.27. The molecule has 2 fully saturated rings. The van der Waals surface area contributed by atoms with E-state index in [2.05, 4.69) is 25.2 Å². The quantitative estimate of drug-likeness (QED) is 0.859. The standard InChI is InChI=1S/C15H20FN.ClH/c1-15(2)13(9-14(17-15)10-6-7-10)11-4-3-5-12(16)8-11;/h3-5,8,10,13-14,17H,6-7,9H2,1-2H3;1H. The number of benzene rings is 1. The van der Waals surface area contributed by atoms with Gasteiger partial charge in [0.05, 0.1) is 0 Å². The molecule has 1 aromatic carbocycles. The molecule has 3 heteroatoms. The van der Waals surface area contributed by atoms with Crippen LogP contribution in [0.25, 0.3) is 0 Å². The van der Waals surface area contributed by atoms with E-state index in [4.69, 9.17) is 0 Å². The van der Waals surface area contributed by atoms with Crippen LogP contribution in [0.3, 0.4) is 0 Å². The van der Waals surface area contributed by atoms with Crippen LogP contribution in [0.4, 0.5) is 4.39 Å². The van der Waals surface area contributed by atoms with Crippen LogP contribution in [0.15, 0.2) is 24.3 Å². The molecule has 1 saturated carbocycles. The minimum Gasteiger partial charge on any atom is -0.308 e. The van der Waals surface area contributed by atoms with Crippen LogP contribution in [0, 0.1) is 11.7 Å². The largest absolute Gasteiger partial charge is 0.308 e. The van der Waals surface area contributed by atoms with Crippen LogP contribution in [-0.2, 0) is 0 Å². The van der Waals surface area contributed by atoms with Crippen LogP contribution in [-0.4, -0.2) is 11.6 Å². The molecule has 1 nitrogen and oxygen atoms in total. The van der Waals surface area contributed by atoms with Crippen molar-refractivity contribution in [1.29, 1.82) is 0 Å². The van der Waals surface area contributed by atoms with Crippen molar-refractivity contribution in [2.24, 2.45) is 5.92 Å². The molecule has 3 rings (SSSR count). The molecule has 0 amide bonds. The lowest BCUT2D eigenvalue weighted by atomic mass is 9.82. The molecule has 2 atom stereocenters. The van der Waals surface area contributed by atoms with Gasteiger partial charge in [-0.2, -0.15) is 0 Å². The third kappa shape index (κ3) is 2.55. The number of halogens is 2. The Hall–Kier alpha value is -0.600. The van der Waals surface area contributed by atoms with Crippen molar-refractivity contribution in [1.82, 2.24) is 5.32 Å². The molecule has 100 valence electrons. The Labute approximate surface area is 115 Å². The Morgan fingerprint density at radius 3 is 2.61 bits per heavy atom. The summed E-state index contributed by atoms with van der Waals surface area (Å²) < 4.78 is 13.3. The second-order valence-electron chi connectivity index (χ2n) is 6.15. The molecule has 1 heterocycles. The second kappa shape index (κ2) is 4.82. The zero-order chi connectivity index (χ0) is 12.0. The minimum atomic E-state index is -0.117. The topological polar surface area (TPSA) is 12.0 Å². The van der Waals surface area contributed by atoms with E-state index in [9.17, 15) is 4.39 Å². The predicted octanol–water partition coefficient (Wildman–Crippen LogP) is 3.88. The Morgan fingerprint density at radius 2 is 2.00 bits per heavy atom. The van der Waals surface area contributed by atoms with Gasteiger partial charge in [-0.25, -0.2) is 4.39 Å². The van der Waals surface area contributed by atoms with Gasteiger partial charge >= 0.3 is 0 Å². The molecule has 2 aliphatic rings. The van der Waals surface area contributed by atoms with E-state index in [1.807, 2.05) is 6.07 Å². The average molecular weight is 270 g/mol. The van der Waals surface area contributed by atoms with Gasteiger partial charge in [-0.1, -0.05) is 12.1 Å². The Kier molecular flexibility index (Phi) is 3.70. The first-order valence-electron chi connectivity index (χ1n) is 6.59. The van der Waals surface area contributed by atoms with Gasteiger partial charge in [-0.15, -0.1) is 12.4 Å². The van der Waals surface area contributed by atoms with Crippen LogP contribution >= 0.6 is 12.4 Å². The van der Waals surface area contributed by atoms with Crippen molar-refractivity contribution in [3.8, 4) is 0 Å². The van der Waals surface area contributed by atoms with Crippen LogP contribution < -0.4 is 5.32 Å². The fourth-order valence-electron chi connectivity index (χ4n) is 3.27. The van der Waals surface area contributed by atoms with E-state index in [1.165, 1.54) is 18.9 Å². The summed E-state index contributed by atoms with van der Waals surface area (Å²) >= 11 is 0. The average Bonchev–Trinajstić information content (AvgIpc) is 3.03. The van der Waals surface area contributed by atoms with Gasteiger partial charge in [0.2, 0.25) is 0 Å². The molecule has 0 bridgehead atoms. The lowest BCUT2D eigenvalue weighted by molar-refractivity contribution is 0.386. The number of hydrogen-bond acceptors (Lipinski definition) is 1. The molecule has 0 spiro atoms. The van der Waals surface area contributed by atoms with Gasteiger partial charge in [0.15, 0.2) is 0 Å². The van der Waals surface area contributed by atoms with E-state index in [0.717, 1.165) is 17.9 Å². The molecule has 1 aliphatic heterocycles. The van der Waals surface area contributed by atoms with E-state index < -0.39 is 0 Å². The van der Waals surface area contributed by atoms with Crippen molar-refractivity contribution in [3.63, 3.8) is 0 Å². The van der Waals surface area contributed by atoms with E-state index in [0.29, 0.717) is 12.0 Å². The van der Waals surface area contributed by atoms with Gasteiger partial charge in [0.1, 0.15) is 5.82 Å². The summed E-state index contributed by atoms with van der Waals surface area (Å²) in [6, 6.07) is 7.75. The second-order valence-corrected chi connectivity index (χ2v) is 6.15. The first kappa shape index (κ1) is 13.8. The Morgan fingerprint density at radius 1 is 1.28 bits per heavy atom. The molecule has 18 heavy (non-hydrogen) atoms. The van der Waals surface area contributed by atoms with Gasteiger partial charge < -0.3 is 5.32 Å². The summed E-state index contributed by atoms with van der Waals surface area (Å²) in [6.07, 6.45) is 3.88. The highest BCUT2D eigenvalue weighted by Gasteiger charge is 2.45. The summed E-state index contributed by atoms with van der Waals surface area (Å²) in [6.45, 7) is 4.48. The number of rotatable bonds is 2. The van der Waals surface area contributed by atoms with Crippen LogP contribution in [0.1, 0.15) is 44.6 Å². The Bertz CT molecular complexity index is 428. The summed E-state index contributed by atoms with van der Waals surface area (Å²) in [5.74, 6) is 1.19. The SMILES string of the molecule is CC1(C)NC(C2CC2)CC1c1cccc(F)c1.Cl. The summed E-state index contributed by atoms with van der Waals surface area (Å²) in [7, 11) is 0. The molecular formula is C15H21ClFN. The first-order chi connectivity index (χ1) is 8.06. The van der Waals surface area contributed by atoms with Gasteiger partial charge in [0, 0.05) is 17.5 Å². The van der Waals surface area contributed by atoms with Crippen molar-refractivity contribution in [2.45, 2.75) is 50.6 Å². The van der Waals surface area contributed by atoms with Gasteiger partial charge in [-0.3, -0.25) is 0 Å². The predicted molar refractivity (Wildman–Crippen MR) is 74.7 cm³/mol.